The van der Waals surface area contributed by atoms with Crippen molar-refractivity contribution in [3.05, 3.63) is 23.8 Å². The van der Waals surface area contributed by atoms with Gasteiger partial charge in [0.05, 0.1) is 11.5 Å². The van der Waals surface area contributed by atoms with E-state index < -0.39 is 22.0 Å². The van der Waals surface area contributed by atoms with Crippen LogP contribution in [-0.2, 0) is 21.2 Å². The minimum atomic E-state index is -3.87. The van der Waals surface area contributed by atoms with E-state index in [0.29, 0.717) is 12.4 Å². The van der Waals surface area contributed by atoms with E-state index in [0.717, 1.165) is 18.4 Å². The molecule has 21 heavy (non-hydrogen) atoms. The molecular weight excluding hydrogens is 294 g/mol. The fourth-order valence-corrected chi connectivity index (χ4v) is 3.60. The lowest BCUT2D eigenvalue weighted by Crippen LogP contribution is -2.44. The molecule has 1 aromatic rings. The summed E-state index contributed by atoms with van der Waals surface area (Å²) < 4.78 is 32.3. The van der Waals surface area contributed by atoms with Gasteiger partial charge in [0.2, 0.25) is 10.0 Å². The third kappa shape index (κ3) is 3.54. The Hall–Kier alpha value is -1.60. The van der Waals surface area contributed by atoms with Crippen molar-refractivity contribution in [3.8, 4) is 5.75 Å². The Morgan fingerprint density at radius 3 is 2.71 bits per heavy atom. The summed E-state index contributed by atoms with van der Waals surface area (Å²) in [5.41, 5.74) is 0.834. The van der Waals surface area contributed by atoms with Crippen molar-refractivity contribution >= 4 is 16.0 Å². The number of carboxylic acid groups (broad SMARTS) is 1. The molecule has 0 saturated carbocycles. The van der Waals surface area contributed by atoms with E-state index in [1.165, 1.54) is 6.07 Å². The van der Waals surface area contributed by atoms with E-state index in [4.69, 9.17) is 9.84 Å². The molecule has 0 spiro atoms. The number of hydrogen-bond donors (Lipinski definition) is 2. The average Bonchev–Trinajstić information content (AvgIpc) is 2.43. The molecule has 6 nitrogen and oxygen atoms in total. The molecule has 0 fully saturated rings. The van der Waals surface area contributed by atoms with Gasteiger partial charge >= 0.3 is 5.97 Å². The molecule has 0 saturated heterocycles. The lowest BCUT2D eigenvalue weighted by Gasteiger charge is -2.20. The van der Waals surface area contributed by atoms with Crippen molar-refractivity contribution in [1.82, 2.24) is 4.72 Å². The smallest absolute Gasteiger partial charge is 0.322 e. The van der Waals surface area contributed by atoms with Crippen LogP contribution in [0.15, 0.2) is 23.1 Å². The van der Waals surface area contributed by atoms with Crippen LogP contribution in [0.25, 0.3) is 0 Å². The van der Waals surface area contributed by atoms with Crippen LogP contribution in [-0.4, -0.2) is 32.1 Å². The van der Waals surface area contributed by atoms with Crippen molar-refractivity contribution in [2.45, 2.75) is 37.6 Å². The summed E-state index contributed by atoms with van der Waals surface area (Å²) in [5, 5.41) is 9.10. The number of hydrogen-bond acceptors (Lipinski definition) is 4. The monoisotopic (exact) mass is 313 g/mol. The van der Waals surface area contributed by atoms with Crippen LogP contribution in [0.1, 0.15) is 25.8 Å². The maximum atomic E-state index is 12.3. The van der Waals surface area contributed by atoms with Gasteiger partial charge in [-0.1, -0.05) is 13.8 Å². The summed E-state index contributed by atoms with van der Waals surface area (Å²) in [5.74, 6) is -0.841. The SMILES string of the molecule is CC(C)C(NS(=O)(=O)c1ccc2c(c1)CCCO2)C(=O)O. The topological polar surface area (TPSA) is 92.7 Å². The van der Waals surface area contributed by atoms with E-state index in [1.807, 2.05) is 0 Å². The minimum absolute atomic E-state index is 0.0682. The van der Waals surface area contributed by atoms with Gasteiger partial charge < -0.3 is 9.84 Å². The van der Waals surface area contributed by atoms with Crippen LogP contribution < -0.4 is 9.46 Å². The number of carbonyl (C=O) groups is 1. The lowest BCUT2D eigenvalue weighted by molar-refractivity contribution is -0.140. The fraction of sp³-hybridized carbons (Fsp3) is 0.500. The van der Waals surface area contributed by atoms with Crippen LogP contribution in [0.3, 0.4) is 0 Å². The number of ether oxygens (including phenoxy) is 1. The highest BCUT2D eigenvalue weighted by Crippen LogP contribution is 2.27. The Bertz CT molecular complexity index is 639. The van der Waals surface area contributed by atoms with Crippen LogP contribution in [0.2, 0.25) is 0 Å². The van der Waals surface area contributed by atoms with Crippen LogP contribution in [0.5, 0.6) is 5.75 Å². The summed E-state index contributed by atoms with van der Waals surface area (Å²) in [4.78, 5) is 11.2. The zero-order valence-electron chi connectivity index (χ0n) is 12.0. The molecule has 2 rings (SSSR count). The minimum Gasteiger partial charge on any atom is -0.493 e. The van der Waals surface area contributed by atoms with Gasteiger partial charge in [-0.3, -0.25) is 4.79 Å². The van der Waals surface area contributed by atoms with E-state index in [-0.39, 0.29) is 10.8 Å². The second kappa shape index (κ2) is 6.03. The molecule has 1 aliphatic heterocycles. The molecule has 0 radical (unpaired) electrons. The van der Waals surface area contributed by atoms with Crippen LogP contribution in [0.4, 0.5) is 0 Å². The number of rotatable bonds is 5. The number of aryl methyl sites for hydroxylation is 1. The molecule has 0 aromatic heterocycles. The number of sulfonamides is 1. The van der Waals surface area contributed by atoms with Crippen molar-refractivity contribution in [2.75, 3.05) is 6.61 Å². The standard InChI is InChI=1S/C14H19NO5S/c1-9(2)13(14(16)17)15-21(18,19)11-5-6-12-10(8-11)4-3-7-20-12/h5-6,8-9,13,15H,3-4,7H2,1-2H3,(H,16,17). The van der Waals surface area contributed by atoms with Crippen LogP contribution >= 0.6 is 0 Å². The molecule has 7 heteroatoms. The van der Waals surface area contributed by atoms with Crippen molar-refractivity contribution < 1.29 is 23.1 Å². The van der Waals surface area contributed by atoms with Gasteiger partial charge in [-0.2, -0.15) is 4.72 Å². The molecule has 1 atom stereocenters. The zero-order chi connectivity index (χ0) is 15.6. The Labute approximate surface area is 124 Å². The quantitative estimate of drug-likeness (QED) is 0.857. The van der Waals surface area contributed by atoms with Gasteiger partial charge in [0.15, 0.2) is 0 Å². The molecule has 116 valence electrons. The summed E-state index contributed by atoms with van der Waals surface area (Å²) in [7, 11) is -3.87. The number of aliphatic carboxylic acids is 1. The normalized spacial score (nSPS) is 16.1. The second-order valence-corrected chi connectivity index (χ2v) is 7.12. The summed E-state index contributed by atoms with van der Waals surface area (Å²) in [6.45, 7) is 3.94. The molecule has 1 unspecified atom stereocenters. The maximum Gasteiger partial charge on any atom is 0.322 e. The molecule has 2 N–H and O–H groups in total. The number of carboxylic acids is 1. The Morgan fingerprint density at radius 1 is 1.38 bits per heavy atom. The van der Waals surface area contributed by atoms with Gasteiger partial charge in [0.1, 0.15) is 11.8 Å². The first-order chi connectivity index (χ1) is 9.81. The first kappa shape index (κ1) is 15.8. The van der Waals surface area contributed by atoms with E-state index in [9.17, 15) is 13.2 Å². The first-order valence-electron chi connectivity index (χ1n) is 6.82. The van der Waals surface area contributed by atoms with E-state index in [1.54, 1.807) is 26.0 Å². The maximum absolute atomic E-state index is 12.3. The van der Waals surface area contributed by atoms with Gasteiger partial charge in [0, 0.05) is 0 Å². The highest BCUT2D eigenvalue weighted by atomic mass is 32.2. The molecule has 1 aromatic carbocycles. The molecule has 1 heterocycles. The Morgan fingerprint density at radius 2 is 2.10 bits per heavy atom. The van der Waals surface area contributed by atoms with Crippen molar-refractivity contribution in [3.63, 3.8) is 0 Å². The third-order valence-electron chi connectivity index (χ3n) is 3.41. The molecule has 0 bridgehead atoms. The van der Waals surface area contributed by atoms with Crippen molar-refractivity contribution in [1.29, 1.82) is 0 Å². The fourth-order valence-electron chi connectivity index (χ4n) is 2.21. The lowest BCUT2D eigenvalue weighted by atomic mass is 10.1. The molecule has 1 aliphatic rings. The molecular formula is C14H19NO5S. The average molecular weight is 313 g/mol. The third-order valence-corrected chi connectivity index (χ3v) is 4.84. The summed E-state index contributed by atoms with van der Waals surface area (Å²) in [6.07, 6.45) is 1.60. The van der Waals surface area contributed by atoms with Gasteiger partial charge in [0.25, 0.3) is 0 Å². The van der Waals surface area contributed by atoms with Gasteiger partial charge in [-0.25, -0.2) is 8.42 Å². The van der Waals surface area contributed by atoms with Gasteiger partial charge in [-0.05, 0) is 42.5 Å². The second-order valence-electron chi connectivity index (χ2n) is 5.40. The molecule has 0 amide bonds. The number of nitrogens with one attached hydrogen (secondary N) is 1. The predicted octanol–water partition coefficient (Wildman–Crippen LogP) is 1.40. The Balaban J connectivity index is 2.29. The van der Waals surface area contributed by atoms with Crippen LogP contribution in [0, 0.1) is 5.92 Å². The van der Waals surface area contributed by atoms with Gasteiger partial charge in [-0.15, -0.1) is 0 Å². The highest BCUT2D eigenvalue weighted by molar-refractivity contribution is 7.89. The van der Waals surface area contributed by atoms with E-state index >= 15 is 0 Å². The summed E-state index contributed by atoms with van der Waals surface area (Å²) >= 11 is 0. The molecule has 0 aliphatic carbocycles. The van der Waals surface area contributed by atoms with Crippen molar-refractivity contribution in [2.24, 2.45) is 5.92 Å². The number of benzene rings is 1. The predicted molar refractivity (Wildman–Crippen MR) is 76.8 cm³/mol. The highest BCUT2D eigenvalue weighted by Gasteiger charge is 2.28. The van der Waals surface area contributed by atoms with E-state index in [2.05, 4.69) is 4.72 Å². The summed E-state index contributed by atoms with van der Waals surface area (Å²) in [6, 6.07) is 3.46. The number of fused-ring (bicyclic) bond motifs is 1. The first-order valence-corrected chi connectivity index (χ1v) is 8.30. The Kier molecular flexibility index (Phi) is 4.53. The zero-order valence-corrected chi connectivity index (χ0v) is 12.8. The largest absolute Gasteiger partial charge is 0.493 e.